The van der Waals surface area contributed by atoms with Crippen LogP contribution in [0.1, 0.15) is 38.8 Å². The number of halogens is 1. The van der Waals surface area contributed by atoms with Crippen molar-refractivity contribution < 1.29 is 28.5 Å². The number of ether oxygens (including phenoxy) is 2. The number of nitro benzene ring substituents is 2. The summed E-state index contributed by atoms with van der Waals surface area (Å²) < 4.78 is 19.1. The second-order valence-electron chi connectivity index (χ2n) is 10.0. The van der Waals surface area contributed by atoms with Crippen LogP contribution in [0.25, 0.3) is 5.69 Å². The first-order valence-electron chi connectivity index (χ1n) is 13.7. The highest BCUT2D eigenvalue weighted by molar-refractivity contribution is 6.32. The van der Waals surface area contributed by atoms with Gasteiger partial charge in [-0.1, -0.05) is 23.7 Å². The minimum absolute atomic E-state index is 0.0152. The Morgan fingerprint density at radius 3 is 2.37 bits per heavy atom. The highest BCUT2D eigenvalue weighted by atomic mass is 35.5. The molecule has 0 fully saturated rings. The van der Waals surface area contributed by atoms with Gasteiger partial charge in [-0.3, -0.25) is 25.0 Å². The number of hydrazone groups is 1. The molecule has 0 aliphatic rings. The van der Waals surface area contributed by atoms with Crippen molar-refractivity contribution in [3.63, 3.8) is 0 Å². The Hall–Kier alpha value is -5.95. The molecule has 2 aromatic heterocycles. The molecule has 5 aromatic rings. The summed E-state index contributed by atoms with van der Waals surface area (Å²) in [4.78, 5) is 34.0. The molecule has 0 saturated carbocycles. The van der Waals surface area contributed by atoms with Crippen LogP contribution < -0.4 is 14.9 Å². The van der Waals surface area contributed by atoms with E-state index in [0.717, 1.165) is 17.1 Å². The lowest BCUT2D eigenvalue weighted by Crippen LogP contribution is -2.16. The predicted octanol–water partition coefficient (Wildman–Crippen LogP) is 7.08. The topological polar surface area (TPSA) is 164 Å². The molecule has 3 aromatic carbocycles. The third kappa shape index (κ3) is 7.39. The number of aromatic nitrogens is 1. The number of hydrogen-bond donors (Lipinski definition) is 1. The Kier molecular flexibility index (Phi) is 9.43. The van der Waals surface area contributed by atoms with Gasteiger partial charge in [-0.2, -0.15) is 5.10 Å². The number of nitro groups is 2. The Bertz CT molecular complexity index is 1930. The summed E-state index contributed by atoms with van der Waals surface area (Å²) in [5, 5.41) is 26.5. The number of non-ortho nitro benzene ring substituents is 1. The van der Waals surface area contributed by atoms with E-state index < -0.39 is 21.4 Å². The van der Waals surface area contributed by atoms with E-state index >= 15 is 0 Å². The summed E-state index contributed by atoms with van der Waals surface area (Å²) in [5.41, 5.74) is 5.61. The van der Waals surface area contributed by atoms with Crippen molar-refractivity contribution in [2.24, 2.45) is 5.10 Å². The minimum atomic E-state index is -0.685. The van der Waals surface area contributed by atoms with Gasteiger partial charge in [0.05, 0.1) is 21.1 Å². The summed E-state index contributed by atoms with van der Waals surface area (Å²) in [7, 11) is 0. The smallest absolute Gasteiger partial charge is 0.313 e. The molecule has 0 spiro atoms. The van der Waals surface area contributed by atoms with Gasteiger partial charge >= 0.3 is 11.6 Å². The van der Waals surface area contributed by atoms with Gasteiger partial charge in [-0.05, 0) is 74.0 Å². The Balaban J connectivity index is 1.17. The number of benzene rings is 3. The van der Waals surface area contributed by atoms with E-state index in [9.17, 15) is 25.0 Å². The molecule has 14 heteroatoms. The van der Waals surface area contributed by atoms with Gasteiger partial charge in [-0.25, -0.2) is 5.43 Å². The normalized spacial score (nSPS) is 11.0. The monoisotopic (exact) mass is 643 g/mol. The average Bonchev–Trinajstić information content (AvgIpc) is 3.65. The van der Waals surface area contributed by atoms with Crippen molar-refractivity contribution in [3.8, 4) is 17.2 Å². The van der Waals surface area contributed by atoms with E-state index in [-0.39, 0.29) is 41.0 Å². The molecule has 5 rings (SSSR count). The van der Waals surface area contributed by atoms with E-state index in [1.54, 1.807) is 12.1 Å². The van der Waals surface area contributed by atoms with Crippen molar-refractivity contribution in [1.82, 2.24) is 9.99 Å². The zero-order valence-corrected chi connectivity index (χ0v) is 25.3. The van der Waals surface area contributed by atoms with Crippen molar-refractivity contribution in [3.05, 3.63) is 144 Å². The molecule has 0 radical (unpaired) electrons. The lowest BCUT2D eigenvalue weighted by molar-refractivity contribution is -0.385. The first kappa shape index (κ1) is 31.5. The van der Waals surface area contributed by atoms with Gasteiger partial charge in [0.2, 0.25) is 5.75 Å². The van der Waals surface area contributed by atoms with Crippen LogP contribution in [-0.4, -0.2) is 26.5 Å². The van der Waals surface area contributed by atoms with E-state index in [2.05, 4.69) is 27.2 Å². The van der Waals surface area contributed by atoms with Crippen molar-refractivity contribution in [2.75, 3.05) is 0 Å². The third-order valence-electron chi connectivity index (χ3n) is 6.76. The molecule has 1 N–H and O–H groups in total. The number of rotatable bonds is 12. The number of carbonyl (C=O) groups is 1. The number of amides is 1. The summed E-state index contributed by atoms with van der Waals surface area (Å²) >= 11 is 6.27. The van der Waals surface area contributed by atoms with Crippen LogP contribution in [0, 0.1) is 34.1 Å². The van der Waals surface area contributed by atoms with Crippen molar-refractivity contribution in [2.45, 2.75) is 27.1 Å². The van der Waals surface area contributed by atoms with Crippen LogP contribution >= 0.6 is 11.6 Å². The molecule has 0 aliphatic carbocycles. The van der Waals surface area contributed by atoms with E-state index in [0.29, 0.717) is 17.1 Å². The summed E-state index contributed by atoms with van der Waals surface area (Å²) in [6, 6.07) is 23.0. The number of hydrogen-bond acceptors (Lipinski definition) is 9. The van der Waals surface area contributed by atoms with Crippen LogP contribution in [0.4, 0.5) is 11.4 Å². The van der Waals surface area contributed by atoms with Gasteiger partial charge in [0, 0.05) is 40.8 Å². The highest BCUT2D eigenvalue weighted by Gasteiger charge is 2.21. The van der Waals surface area contributed by atoms with E-state index in [1.165, 1.54) is 42.6 Å². The fourth-order valence-corrected chi connectivity index (χ4v) is 4.86. The molecule has 1 amide bonds. The molecule has 0 saturated heterocycles. The number of nitrogens with zero attached hydrogens (tertiary/aromatic N) is 4. The number of furan rings is 1. The SMILES string of the molecule is Cc1ccc(C)n1-c1ccc(OCc2ccc(C(=O)N/N=C/c3cc(Cl)c(OCc4cccc([N+](=O)[O-])c4)c([N+](=O)[O-])c3)o2)cc1. The second kappa shape index (κ2) is 13.8. The molecule has 46 heavy (non-hydrogen) atoms. The van der Waals surface area contributed by atoms with Gasteiger partial charge in [0.1, 0.15) is 24.7 Å². The van der Waals surface area contributed by atoms with E-state index in [4.69, 9.17) is 25.5 Å². The van der Waals surface area contributed by atoms with E-state index in [1.807, 2.05) is 38.1 Å². The van der Waals surface area contributed by atoms with Crippen molar-refractivity contribution in [1.29, 1.82) is 0 Å². The molecule has 13 nitrogen and oxygen atoms in total. The Morgan fingerprint density at radius 2 is 1.67 bits per heavy atom. The quantitative estimate of drug-likeness (QED) is 0.0856. The number of nitrogens with one attached hydrogen (secondary N) is 1. The molecule has 2 heterocycles. The Labute approximate surface area is 266 Å². The average molecular weight is 644 g/mol. The molecule has 0 bridgehead atoms. The van der Waals surface area contributed by atoms with Gasteiger partial charge in [0.15, 0.2) is 5.76 Å². The summed E-state index contributed by atoms with van der Waals surface area (Å²) in [6.07, 6.45) is 1.18. The first-order valence-corrected chi connectivity index (χ1v) is 14.1. The Morgan fingerprint density at radius 1 is 0.935 bits per heavy atom. The van der Waals surface area contributed by atoms with Gasteiger partial charge in [0.25, 0.3) is 5.69 Å². The lowest BCUT2D eigenvalue weighted by atomic mass is 10.2. The van der Waals surface area contributed by atoms with Crippen LogP contribution in [0.3, 0.4) is 0 Å². The zero-order valence-electron chi connectivity index (χ0n) is 24.5. The van der Waals surface area contributed by atoms with Gasteiger partial charge in [-0.15, -0.1) is 0 Å². The molecule has 0 unspecified atom stereocenters. The molecular weight excluding hydrogens is 618 g/mol. The van der Waals surface area contributed by atoms with Crippen molar-refractivity contribution >= 4 is 35.1 Å². The van der Waals surface area contributed by atoms with Gasteiger partial charge < -0.3 is 18.5 Å². The maximum absolute atomic E-state index is 12.6. The zero-order chi connectivity index (χ0) is 32.8. The van der Waals surface area contributed by atoms with Crippen LogP contribution in [0.15, 0.2) is 94.4 Å². The summed E-state index contributed by atoms with van der Waals surface area (Å²) in [5.74, 6) is 0.164. The fraction of sp³-hybridized carbons (Fsp3) is 0.125. The maximum atomic E-state index is 12.6. The second-order valence-corrected chi connectivity index (χ2v) is 10.4. The molecule has 234 valence electrons. The third-order valence-corrected chi connectivity index (χ3v) is 7.04. The summed E-state index contributed by atoms with van der Waals surface area (Å²) in [6.45, 7) is 3.98. The first-order chi connectivity index (χ1) is 22.1. The lowest BCUT2D eigenvalue weighted by Gasteiger charge is -2.10. The maximum Gasteiger partial charge on any atom is 0.313 e. The largest absolute Gasteiger partial charge is 0.486 e. The van der Waals surface area contributed by atoms with Crippen LogP contribution in [0.5, 0.6) is 11.5 Å². The molecule has 0 atom stereocenters. The number of carbonyl (C=O) groups excluding carboxylic acids is 1. The highest BCUT2D eigenvalue weighted by Crippen LogP contribution is 2.36. The number of aryl methyl sites for hydroxylation is 2. The fourth-order valence-electron chi connectivity index (χ4n) is 4.59. The molecule has 0 aliphatic heterocycles. The van der Waals surface area contributed by atoms with Crippen LogP contribution in [-0.2, 0) is 13.2 Å². The minimum Gasteiger partial charge on any atom is -0.486 e. The standard InChI is InChI=1S/C32H26ClN5O8/c1-20-6-7-21(2)36(20)24-8-10-26(11-9-24)44-19-27-12-13-30(46-27)32(39)35-34-17-23-15-28(33)31(29(16-23)38(42)43)45-18-22-4-3-5-25(14-22)37(40)41/h3-17H,18-19H2,1-2H3,(H,35,39)/b34-17+. The van der Waals surface area contributed by atoms with Crippen LogP contribution in [0.2, 0.25) is 5.02 Å². The molecular formula is C32H26ClN5O8. The predicted molar refractivity (Wildman–Crippen MR) is 169 cm³/mol.